The first-order valence-electron chi connectivity index (χ1n) is 11.8. The van der Waals surface area contributed by atoms with Crippen molar-refractivity contribution in [3.63, 3.8) is 0 Å². The largest absolute Gasteiger partial charge is 0.444 e. The van der Waals surface area contributed by atoms with Crippen LogP contribution in [0.2, 0.25) is 0 Å². The fourth-order valence-electron chi connectivity index (χ4n) is 4.19. The first-order valence-corrected chi connectivity index (χ1v) is 11.8. The molecule has 174 valence electrons. The van der Waals surface area contributed by atoms with Crippen molar-refractivity contribution in [3.8, 4) is 0 Å². The molecule has 1 saturated heterocycles. The van der Waals surface area contributed by atoms with Crippen molar-refractivity contribution < 1.29 is 14.3 Å². The van der Waals surface area contributed by atoms with Crippen LogP contribution in [0.25, 0.3) is 0 Å². The van der Waals surface area contributed by atoms with Crippen LogP contribution in [0.5, 0.6) is 0 Å². The number of pyridine rings is 1. The summed E-state index contributed by atoms with van der Waals surface area (Å²) >= 11 is 0. The molecule has 1 aromatic rings. The molecule has 1 amide bonds. The van der Waals surface area contributed by atoms with Gasteiger partial charge in [0, 0.05) is 50.7 Å². The van der Waals surface area contributed by atoms with Crippen molar-refractivity contribution in [1.29, 1.82) is 0 Å². The maximum atomic E-state index is 12.1. The molecule has 0 unspecified atom stereocenters. The lowest BCUT2D eigenvalue weighted by atomic mass is 10.0. The van der Waals surface area contributed by atoms with Crippen LogP contribution in [0.1, 0.15) is 64.1 Å². The fourth-order valence-corrected chi connectivity index (χ4v) is 4.19. The highest BCUT2D eigenvalue weighted by atomic mass is 16.6. The number of aryl methyl sites for hydroxylation is 1. The van der Waals surface area contributed by atoms with Crippen LogP contribution in [-0.4, -0.2) is 68.0 Å². The Kier molecular flexibility index (Phi) is 8.03. The molecule has 2 aliphatic heterocycles. The predicted molar refractivity (Wildman–Crippen MR) is 125 cm³/mol. The minimum Gasteiger partial charge on any atom is -0.444 e. The fraction of sp³-hybridized carbons (Fsp3) is 0.750. The highest BCUT2D eigenvalue weighted by Gasteiger charge is 2.30. The Labute approximate surface area is 187 Å². The molecule has 0 aromatic carbocycles. The number of unbranched alkanes of at least 4 members (excludes halogenated alkanes) is 2. The first-order chi connectivity index (χ1) is 14.7. The molecule has 0 saturated carbocycles. The molecule has 7 heteroatoms. The molecule has 31 heavy (non-hydrogen) atoms. The zero-order valence-corrected chi connectivity index (χ0v) is 20.0. The highest BCUT2D eigenvalue weighted by molar-refractivity contribution is 5.68. The van der Waals surface area contributed by atoms with E-state index in [2.05, 4.69) is 30.4 Å². The number of nitrogens with zero attached hydrogens (tertiary/aromatic N) is 3. The van der Waals surface area contributed by atoms with E-state index in [-0.39, 0.29) is 12.2 Å². The quantitative estimate of drug-likeness (QED) is 0.620. The van der Waals surface area contributed by atoms with Crippen molar-refractivity contribution in [1.82, 2.24) is 9.88 Å². The maximum Gasteiger partial charge on any atom is 0.410 e. The Balaban J connectivity index is 1.35. The maximum absolute atomic E-state index is 12.1. The molecule has 7 nitrogen and oxygen atoms in total. The van der Waals surface area contributed by atoms with Gasteiger partial charge in [0.25, 0.3) is 0 Å². The van der Waals surface area contributed by atoms with Crippen molar-refractivity contribution in [3.05, 3.63) is 17.3 Å². The molecule has 2 aliphatic rings. The molecular formula is C24H40N4O3. The number of fused-ring (bicyclic) bond motifs is 1. The number of carbonyl (C=O) groups is 1. The van der Waals surface area contributed by atoms with Crippen molar-refractivity contribution >= 4 is 17.6 Å². The summed E-state index contributed by atoms with van der Waals surface area (Å²) in [4.78, 5) is 21.0. The Morgan fingerprint density at radius 2 is 2.10 bits per heavy atom. The molecule has 3 rings (SSSR count). The van der Waals surface area contributed by atoms with E-state index in [0.717, 1.165) is 57.5 Å². The van der Waals surface area contributed by atoms with Crippen LogP contribution in [0, 0.1) is 0 Å². The third kappa shape index (κ3) is 6.99. The standard InChI is InChI=1S/C24H40N4O3/c1-24(2,3)31-23(29)28-14-12-19(17-28)30-15-8-6-7-10-18-16-21(27(4)5)20-11-9-13-25-22(20)26-18/h16,19H,6-15,17H2,1-5H3,(H,25,26)/t19-/m1/s1. The van der Waals surface area contributed by atoms with Crippen LogP contribution >= 0.6 is 0 Å². The molecule has 0 spiro atoms. The zero-order valence-electron chi connectivity index (χ0n) is 20.0. The molecule has 0 bridgehead atoms. The minimum absolute atomic E-state index is 0.128. The molecule has 0 radical (unpaired) electrons. The van der Waals surface area contributed by atoms with E-state index in [9.17, 15) is 4.79 Å². The molecule has 1 atom stereocenters. The van der Waals surface area contributed by atoms with Crippen LogP contribution in [0.15, 0.2) is 6.07 Å². The summed E-state index contributed by atoms with van der Waals surface area (Å²) in [6.45, 7) is 8.79. The lowest BCUT2D eigenvalue weighted by molar-refractivity contribution is 0.0206. The van der Waals surface area contributed by atoms with Gasteiger partial charge in [-0.15, -0.1) is 0 Å². The van der Waals surface area contributed by atoms with Crippen LogP contribution in [0.3, 0.4) is 0 Å². The second-order valence-corrected chi connectivity index (χ2v) is 9.90. The molecule has 1 aromatic heterocycles. The van der Waals surface area contributed by atoms with E-state index < -0.39 is 5.60 Å². The van der Waals surface area contributed by atoms with Gasteiger partial charge in [-0.3, -0.25) is 0 Å². The van der Waals surface area contributed by atoms with E-state index >= 15 is 0 Å². The third-order valence-electron chi connectivity index (χ3n) is 5.76. The second-order valence-electron chi connectivity index (χ2n) is 9.90. The highest BCUT2D eigenvalue weighted by Crippen LogP contribution is 2.30. The van der Waals surface area contributed by atoms with Crippen LogP contribution in [0.4, 0.5) is 16.3 Å². The summed E-state index contributed by atoms with van der Waals surface area (Å²) in [5, 5.41) is 3.47. The smallest absolute Gasteiger partial charge is 0.410 e. The summed E-state index contributed by atoms with van der Waals surface area (Å²) in [5.74, 6) is 1.08. The number of ether oxygens (including phenoxy) is 2. The number of hydrogen-bond acceptors (Lipinski definition) is 6. The number of anilines is 2. The predicted octanol–water partition coefficient (Wildman–Crippen LogP) is 4.24. The Bertz CT molecular complexity index is 745. The Hall–Kier alpha value is -2.02. The molecule has 1 N–H and O–H groups in total. The number of nitrogens with one attached hydrogen (secondary N) is 1. The number of rotatable bonds is 8. The van der Waals surface area contributed by atoms with Gasteiger partial charge in [-0.1, -0.05) is 6.42 Å². The van der Waals surface area contributed by atoms with Gasteiger partial charge in [-0.05, 0) is 65.4 Å². The molecule has 1 fully saturated rings. The van der Waals surface area contributed by atoms with Gasteiger partial charge in [-0.25, -0.2) is 9.78 Å². The van der Waals surface area contributed by atoms with Gasteiger partial charge in [0.15, 0.2) is 0 Å². The van der Waals surface area contributed by atoms with Crippen LogP contribution in [-0.2, 0) is 22.3 Å². The molecule has 3 heterocycles. The van der Waals surface area contributed by atoms with E-state index in [4.69, 9.17) is 14.5 Å². The normalized spacial score (nSPS) is 18.5. The minimum atomic E-state index is -0.452. The van der Waals surface area contributed by atoms with Crippen LogP contribution < -0.4 is 10.2 Å². The zero-order chi connectivity index (χ0) is 22.4. The van der Waals surface area contributed by atoms with Gasteiger partial charge in [-0.2, -0.15) is 0 Å². The number of amides is 1. The summed E-state index contributed by atoms with van der Waals surface area (Å²) in [5.41, 5.74) is 3.37. The molecular weight excluding hydrogens is 392 g/mol. The van der Waals surface area contributed by atoms with Gasteiger partial charge in [0.1, 0.15) is 11.4 Å². The Morgan fingerprint density at radius 1 is 1.29 bits per heavy atom. The SMILES string of the molecule is CN(C)c1cc(CCCCCO[C@@H]2CCN(C(=O)OC(C)(C)C)C2)nc2c1CCCN2. The average Bonchev–Trinajstić information content (AvgIpc) is 3.18. The molecule has 0 aliphatic carbocycles. The summed E-state index contributed by atoms with van der Waals surface area (Å²) < 4.78 is 11.5. The number of likely N-dealkylation sites (tertiary alicyclic amines) is 1. The van der Waals surface area contributed by atoms with E-state index in [0.29, 0.717) is 13.1 Å². The van der Waals surface area contributed by atoms with Gasteiger partial charge < -0.3 is 24.6 Å². The van der Waals surface area contributed by atoms with Crippen molar-refractivity contribution in [2.75, 3.05) is 50.6 Å². The average molecular weight is 433 g/mol. The lowest BCUT2D eigenvalue weighted by Crippen LogP contribution is -2.36. The van der Waals surface area contributed by atoms with Gasteiger partial charge in [0.2, 0.25) is 0 Å². The topological polar surface area (TPSA) is 66.9 Å². The lowest BCUT2D eigenvalue weighted by Gasteiger charge is -2.25. The van der Waals surface area contributed by atoms with Crippen molar-refractivity contribution in [2.24, 2.45) is 0 Å². The van der Waals surface area contributed by atoms with E-state index in [1.807, 2.05) is 20.8 Å². The summed E-state index contributed by atoms with van der Waals surface area (Å²) in [6.07, 6.45) is 7.31. The van der Waals surface area contributed by atoms with Gasteiger partial charge in [0.05, 0.1) is 12.6 Å². The summed E-state index contributed by atoms with van der Waals surface area (Å²) in [6, 6.07) is 2.26. The van der Waals surface area contributed by atoms with E-state index in [1.54, 1.807) is 4.90 Å². The van der Waals surface area contributed by atoms with E-state index in [1.165, 1.54) is 23.4 Å². The monoisotopic (exact) mass is 432 g/mol. The van der Waals surface area contributed by atoms with Gasteiger partial charge >= 0.3 is 6.09 Å². The Morgan fingerprint density at radius 3 is 2.84 bits per heavy atom. The number of hydrogen-bond donors (Lipinski definition) is 1. The number of carbonyl (C=O) groups excluding carboxylic acids is 1. The van der Waals surface area contributed by atoms with Crippen molar-refractivity contribution in [2.45, 2.75) is 77.4 Å². The first kappa shape index (κ1) is 23.6. The second kappa shape index (κ2) is 10.5. The summed E-state index contributed by atoms with van der Waals surface area (Å²) in [7, 11) is 4.22. The number of aromatic nitrogens is 1. The third-order valence-corrected chi connectivity index (χ3v) is 5.76.